The van der Waals surface area contributed by atoms with E-state index >= 15 is 0 Å². The average molecular weight is 271 g/mol. The van der Waals surface area contributed by atoms with E-state index in [1.54, 1.807) is 12.1 Å². The molecule has 1 aliphatic rings. The van der Waals surface area contributed by atoms with Gasteiger partial charge in [0, 0.05) is 23.1 Å². The Hall–Kier alpha value is -2.17. The third kappa shape index (κ3) is 2.43. The predicted molar refractivity (Wildman–Crippen MR) is 78.8 cm³/mol. The van der Waals surface area contributed by atoms with Crippen molar-refractivity contribution in [3.8, 4) is 0 Å². The fourth-order valence-corrected chi connectivity index (χ4v) is 2.53. The summed E-state index contributed by atoms with van der Waals surface area (Å²) in [5.74, 6) is 1.53. The second-order valence-corrected chi connectivity index (χ2v) is 5.95. The zero-order chi connectivity index (χ0) is 14.3. The van der Waals surface area contributed by atoms with Crippen LogP contribution in [0.3, 0.4) is 0 Å². The lowest BCUT2D eigenvalue weighted by Crippen LogP contribution is -2.33. The molecule has 0 saturated heterocycles. The number of anilines is 1. The molecule has 20 heavy (non-hydrogen) atoms. The van der Waals surface area contributed by atoms with Gasteiger partial charge in [0.05, 0.1) is 10.4 Å². The molecule has 0 unspecified atom stereocenters. The minimum atomic E-state index is -0.387. The molecule has 1 saturated carbocycles. The monoisotopic (exact) mass is 271 g/mol. The molecule has 1 heterocycles. The second kappa shape index (κ2) is 4.44. The van der Waals surface area contributed by atoms with E-state index in [2.05, 4.69) is 24.1 Å². The number of rotatable bonds is 4. The summed E-state index contributed by atoms with van der Waals surface area (Å²) in [5.41, 5.74) is 0.909. The summed E-state index contributed by atoms with van der Waals surface area (Å²) in [4.78, 5) is 14.9. The van der Waals surface area contributed by atoms with Gasteiger partial charge in [0.25, 0.3) is 5.69 Å². The van der Waals surface area contributed by atoms with Crippen LogP contribution in [0.1, 0.15) is 26.7 Å². The third-order valence-corrected chi connectivity index (χ3v) is 3.93. The normalized spacial score (nSPS) is 15.3. The summed E-state index contributed by atoms with van der Waals surface area (Å²) in [6.45, 7) is 4.37. The van der Waals surface area contributed by atoms with Crippen molar-refractivity contribution in [2.24, 2.45) is 5.92 Å². The summed E-state index contributed by atoms with van der Waals surface area (Å²) in [6.07, 6.45) is 2.53. The van der Waals surface area contributed by atoms with Gasteiger partial charge in [-0.2, -0.15) is 0 Å². The minimum absolute atomic E-state index is 0.0431. The van der Waals surface area contributed by atoms with Crippen LogP contribution < -0.4 is 5.32 Å². The lowest BCUT2D eigenvalue weighted by molar-refractivity contribution is -0.384. The predicted octanol–water partition coefficient (Wildman–Crippen LogP) is 3.74. The number of hydrogen-bond acceptors (Lipinski definition) is 4. The molecule has 5 heteroatoms. The van der Waals surface area contributed by atoms with E-state index in [0.717, 1.165) is 16.7 Å². The average Bonchev–Trinajstić information content (AvgIpc) is 3.22. The van der Waals surface area contributed by atoms with E-state index < -0.39 is 0 Å². The van der Waals surface area contributed by atoms with E-state index in [4.69, 9.17) is 0 Å². The number of benzene rings is 1. The van der Waals surface area contributed by atoms with Crippen molar-refractivity contribution < 1.29 is 4.92 Å². The first kappa shape index (κ1) is 12.8. The highest BCUT2D eigenvalue weighted by molar-refractivity contribution is 5.82. The molecule has 0 bridgehead atoms. The lowest BCUT2D eigenvalue weighted by Gasteiger charge is -2.26. The Morgan fingerprint density at radius 2 is 2.05 bits per heavy atom. The summed E-state index contributed by atoms with van der Waals surface area (Å²) in [6, 6.07) is 8.50. The van der Waals surface area contributed by atoms with Crippen molar-refractivity contribution in [1.82, 2.24) is 4.98 Å². The molecular weight excluding hydrogens is 254 g/mol. The number of pyridine rings is 1. The summed E-state index contributed by atoms with van der Waals surface area (Å²) in [5, 5.41) is 15.0. The van der Waals surface area contributed by atoms with E-state index in [0.29, 0.717) is 5.92 Å². The zero-order valence-electron chi connectivity index (χ0n) is 11.6. The Morgan fingerprint density at radius 3 is 2.70 bits per heavy atom. The van der Waals surface area contributed by atoms with Gasteiger partial charge in [0.1, 0.15) is 5.82 Å². The SMILES string of the molecule is CC(C)(Nc1ccc2cc([N+](=O)[O-])ccc2n1)C1CC1. The van der Waals surface area contributed by atoms with E-state index in [1.165, 1.54) is 18.9 Å². The first-order valence-corrected chi connectivity index (χ1v) is 6.79. The number of fused-ring (bicyclic) bond motifs is 1. The molecule has 0 atom stereocenters. The summed E-state index contributed by atoms with van der Waals surface area (Å²) < 4.78 is 0. The smallest absolute Gasteiger partial charge is 0.270 e. The van der Waals surface area contributed by atoms with Gasteiger partial charge in [-0.25, -0.2) is 4.98 Å². The molecule has 0 spiro atoms. The van der Waals surface area contributed by atoms with E-state index in [1.807, 2.05) is 12.1 Å². The van der Waals surface area contributed by atoms with Gasteiger partial charge in [-0.3, -0.25) is 10.1 Å². The van der Waals surface area contributed by atoms with Crippen LogP contribution in [0.2, 0.25) is 0 Å². The summed E-state index contributed by atoms with van der Waals surface area (Å²) in [7, 11) is 0. The number of nitrogens with one attached hydrogen (secondary N) is 1. The second-order valence-electron chi connectivity index (χ2n) is 5.95. The molecule has 0 aliphatic heterocycles. The fraction of sp³-hybridized carbons (Fsp3) is 0.400. The zero-order valence-corrected chi connectivity index (χ0v) is 11.6. The number of hydrogen-bond donors (Lipinski definition) is 1. The topological polar surface area (TPSA) is 68.1 Å². The minimum Gasteiger partial charge on any atom is -0.365 e. The van der Waals surface area contributed by atoms with Crippen LogP contribution in [0, 0.1) is 16.0 Å². The molecule has 104 valence electrons. The molecule has 5 nitrogen and oxygen atoms in total. The van der Waals surface area contributed by atoms with Crippen LogP contribution in [-0.4, -0.2) is 15.4 Å². The Kier molecular flexibility index (Phi) is 2.85. The van der Waals surface area contributed by atoms with Crippen molar-refractivity contribution in [2.45, 2.75) is 32.2 Å². The van der Waals surface area contributed by atoms with Crippen molar-refractivity contribution in [3.63, 3.8) is 0 Å². The molecule has 1 aromatic carbocycles. The maximum Gasteiger partial charge on any atom is 0.270 e. The fourth-order valence-electron chi connectivity index (χ4n) is 2.53. The maximum absolute atomic E-state index is 10.8. The highest BCUT2D eigenvalue weighted by Crippen LogP contribution is 2.41. The van der Waals surface area contributed by atoms with Crippen molar-refractivity contribution in [3.05, 3.63) is 40.4 Å². The molecule has 0 radical (unpaired) electrons. The Balaban J connectivity index is 1.91. The molecule has 2 aromatic rings. The molecule has 1 N–H and O–H groups in total. The van der Waals surface area contributed by atoms with Crippen molar-refractivity contribution in [1.29, 1.82) is 0 Å². The van der Waals surface area contributed by atoms with E-state index in [-0.39, 0.29) is 16.1 Å². The quantitative estimate of drug-likeness (QED) is 0.679. The number of non-ortho nitro benzene ring substituents is 1. The first-order chi connectivity index (χ1) is 9.45. The number of nitro groups is 1. The van der Waals surface area contributed by atoms with Crippen LogP contribution in [0.5, 0.6) is 0 Å². The Bertz CT molecular complexity index is 678. The maximum atomic E-state index is 10.8. The number of nitrogens with zero attached hydrogens (tertiary/aromatic N) is 2. The van der Waals surface area contributed by atoms with Gasteiger partial charge in [-0.15, -0.1) is 0 Å². The van der Waals surface area contributed by atoms with Crippen molar-refractivity contribution >= 4 is 22.4 Å². The summed E-state index contributed by atoms with van der Waals surface area (Å²) >= 11 is 0. The first-order valence-electron chi connectivity index (χ1n) is 6.79. The molecular formula is C15H17N3O2. The van der Waals surface area contributed by atoms with Gasteiger partial charge in [0.15, 0.2) is 0 Å². The Morgan fingerprint density at radius 1 is 1.30 bits per heavy atom. The third-order valence-electron chi connectivity index (χ3n) is 3.93. The van der Waals surface area contributed by atoms with Crippen LogP contribution in [-0.2, 0) is 0 Å². The van der Waals surface area contributed by atoms with Crippen molar-refractivity contribution in [2.75, 3.05) is 5.32 Å². The van der Waals surface area contributed by atoms with Gasteiger partial charge < -0.3 is 5.32 Å². The molecule has 1 fully saturated rings. The highest BCUT2D eigenvalue weighted by atomic mass is 16.6. The molecule has 3 rings (SSSR count). The van der Waals surface area contributed by atoms with Gasteiger partial charge in [-0.05, 0) is 50.8 Å². The van der Waals surface area contributed by atoms with Crippen LogP contribution in [0.15, 0.2) is 30.3 Å². The lowest BCUT2D eigenvalue weighted by atomic mass is 9.99. The van der Waals surface area contributed by atoms with Gasteiger partial charge >= 0.3 is 0 Å². The van der Waals surface area contributed by atoms with Gasteiger partial charge in [0.2, 0.25) is 0 Å². The molecule has 1 aliphatic carbocycles. The Labute approximate surface area is 117 Å². The highest BCUT2D eigenvalue weighted by Gasteiger charge is 2.37. The number of nitro benzene ring substituents is 1. The molecule has 1 aromatic heterocycles. The van der Waals surface area contributed by atoms with Crippen LogP contribution in [0.25, 0.3) is 10.9 Å². The van der Waals surface area contributed by atoms with Gasteiger partial charge in [-0.1, -0.05) is 0 Å². The molecule has 0 amide bonds. The van der Waals surface area contributed by atoms with Crippen LogP contribution in [0.4, 0.5) is 11.5 Å². The van der Waals surface area contributed by atoms with Crippen LogP contribution >= 0.6 is 0 Å². The van der Waals surface area contributed by atoms with E-state index in [9.17, 15) is 10.1 Å². The number of aromatic nitrogens is 1. The largest absolute Gasteiger partial charge is 0.365 e. The standard InChI is InChI=1S/C15H17N3O2/c1-15(2,11-4-5-11)17-14-8-3-10-9-12(18(19)20)6-7-13(10)16-14/h3,6-9,11H,4-5H2,1-2H3,(H,16,17).